The van der Waals surface area contributed by atoms with Gasteiger partial charge in [-0.05, 0) is 25.9 Å². The molecule has 1 aliphatic heterocycles. The number of aryl methyl sites for hydroxylation is 1. The second kappa shape index (κ2) is 4.58. The predicted octanol–water partition coefficient (Wildman–Crippen LogP) is 0.704. The second-order valence-electron chi connectivity index (χ2n) is 3.32. The molecule has 0 amide bonds. The van der Waals surface area contributed by atoms with Gasteiger partial charge in [0.1, 0.15) is 12.2 Å². The van der Waals surface area contributed by atoms with Crippen molar-refractivity contribution >= 4 is 12.4 Å². The molecule has 0 unspecified atom stereocenters. The van der Waals surface area contributed by atoms with E-state index in [0.29, 0.717) is 5.92 Å². The lowest BCUT2D eigenvalue weighted by atomic mass is 9.97. The fraction of sp³-hybridized carbons (Fsp3) is 0.750. The summed E-state index contributed by atoms with van der Waals surface area (Å²) >= 11 is 0. The second-order valence-corrected chi connectivity index (χ2v) is 3.32. The number of hydrogen-bond donors (Lipinski definition) is 1. The zero-order chi connectivity index (χ0) is 8.39. The SMILES string of the molecule is Cl.Cn1cnnc1C1CCNCC1. The van der Waals surface area contributed by atoms with E-state index in [2.05, 4.69) is 15.5 Å². The molecule has 0 radical (unpaired) electrons. The molecule has 1 N–H and O–H groups in total. The Hall–Kier alpha value is -0.610. The summed E-state index contributed by atoms with van der Waals surface area (Å²) < 4.78 is 2.02. The van der Waals surface area contributed by atoms with Gasteiger partial charge in [-0.1, -0.05) is 0 Å². The molecule has 2 heterocycles. The average Bonchev–Trinajstić information content (AvgIpc) is 2.53. The molecule has 0 saturated carbocycles. The zero-order valence-electron chi connectivity index (χ0n) is 7.73. The lowest BCUT2D eigenvalue weighted by molar-refractivity contribution is 0.436. The minimum absolute atomic E-state index is 0. The summed E-state index contributed by atoms with van der Waals surface area (Å²) in [5.74, 6) is 1.75. The van der Waals surface area contributed by atoms with E-state index in [4.69, 9.17) is 0 Å². The Morgan fingerprint density at radius 2 is 2.15 bits per heavy atom. The summed E-state index contributed by atoms with van der Waals surface area (Å²) in [6.45, 7) is 2.22. The lowest BCUT2D eigenvalue weighted by Crippen LogP contribution is -2.27. The molecule has 0 spiro atoms. The molecule has 0 aliphatic carbocycles. The van der Waals surface area contributed by atoms with Gasteiger partial charge in [-0.15, -0.1) is 22.6 Å². The van der Waals surface area contributed by atoms with E-state index >= 15 is 0 Å². The molecule has 2 rings (SSSR count). The van der Waals surface area contributed by atoms with Crippen LogP contribution in [0, 0.1) is 0 Å². The first-order chi connectivity index (χ1) is 5.88. The van der Waals surface area contributed by atoms with Crippen molar-refractivity contribution in [2.45, 2.75) is 18.8 Å². The maximum absolute atomic E-state index is 4.12. The number of nitrogens with one attached hydrogen (secondary N) is 1. The van der Waals surface area contributed by atoms with Crippen LogP contribution in [0.3, 0.4) is 0 Å². The van der Waals surface area contributed by atoms with Crippen molar-refractivity contribution in [1.82, 2.24) is 20.1 Å². The van der Waals surface area contributed by atoms with E-state index in [1.165, 1.54) is 12.8 Å². The summed E-state index contributed by atoms with van der Waals surface area (Å²) in [7, 11) is 2.01. The molecule has 74 valence electrons. The fourth-order valence-electron chi connectivity index (χ4n) is 1.74. The predicted molar refractivity (Wildman–Crippen MR) is 53.1 cm³/mol. The van der Waals surface area contributed by atoms with Gasteiger partial charge in [0.15, 0.2) is 0 Å². The molecule has 4 nitrogen and oxygen atoms in total. The Labute approximate surface area is 84.1 Å². The van der Waals surface area contributed by atoms with E-state index in [0.717, 1.165) is 18.9 Å². The van der Waals surface area contributed by atoms with Gasteiger partial charge in [0.2, 0.25) is 0 Å². The Morgan fingerprint density at radius 1 is 1.46 bits per heavy atom. The molecule has 0 aromatic carbocycles. The van der Waals surface area contributed by atoms with Crippen molar-refractivity contribution in [3.8, 4) is 0 Å². The molecule has 1 aromatic rings. The zero-order valence-corrected chi connectivity index (χ0v) is 8.55. The van der Waals surface area contributed by atoms with Gasteiger partial charge in [-0.3, -0.25) is 0 Å². The summed E-state index contributed by atoms with van der Waals surface area (Å²) in [5, 5.41) is 11.4. The van der Waals surface area contributed by atoms with Gasteiger partial charge in [0.05, 0.1) is 0 Å². The highest BCUT2D eigenvalue weighted by atomic mass is 35.5. The van der Waals surface area contributed by atoms with Gasteiger partial charge >= 0.3 is 0 Å². The van der Waals surface area contributed by atoms with Crippen LogP contribution in [0.15, 0.2) is 6.33 Å². The third-order valence-corrected chi connectivity index (χ3v) is 2.45. The van der Waals surface area contributed by atoms with Crippen LogP contribution in [0.2, 0.25) is 0 Å². The van der Waals surface area contributed by atoms with Gasteiger partial charge < -0.3 is 9.88 Å². The first-order valence-corrected chi connectivity index (χ1v) is 4.42. The van der Waals surface area contributed by atoms with Gasteiger partial charge in [0, 0.05) is 13.0 Å². The Balaban J connectivity index is 0.000000845. The van der Waals surface area contributed by atoms with E-state index in [1.54, 1.807) is 6.33 Å². The van der Waals surface area contributed by atoms with Crippen LogP contribution in [0.4, 0.5) is 0 Å². The van der Waals surface area contributed by atoms with Gasteiger partial charge in [-0.2, -0.15) is 0 Å². The fourth-order valence-corrected chi connectivity index (χ4v) is 1.74. The highest BCUT2D eigenvalue weighted by Crippen LogP contribution is 2.21. The van der Waals surface area contributed by atoms with Crippen molar-refractivity contribution in [2.75, 3.05) is 13.1 Å². The van der Waals surface area contributed by atoms with Crippen LogP contribution in [0.5, 0.6) is 0 Å². The van der Waals surface area contributed by atoms with Crippen molar-refractivity contribution in [2.24, 2.45) is 7.05 Å². The molecular weight excluding hydrogens is 188 g/mol. The van der Waals surface area contributed by atoms with E-state index in [-0.39, 0.29) is 12.4 Å². The maximum atomic E-state index is 4.12. The number of hydrogen-bond acceptors (Lipinski definition) is 3. The van der Waals surface area contributed by atoms with Crippen molar-refractivity contribution in [3.63, 3.8) is 0 Å². The third-order valence-electron chi connectivity index (χ3n) is 2.45. The Morgan fingerprint density at radius 3 is 2.69 bits per heavy atom. The van der Waals surface area contributed by atoms with Crippen LogP contribution in [0.1, 0.15) is 24.6 Å². The smallest absolute Gasteiger partial charge is 0.135 e. The lowest BCUT2D eigenvalue weighted by Gasteiger charge is -2.21. The Kier molecular flexibility index (Phi) is 3.69. The normalized spacial score (nSPS) is 18.2. The summed E-state index contributed by atoms with van der Waals surface area (Å²) in [5.41, 5.74) is 0. The van der Waals surface area contributed by atoms with E-state index in [9.17, 15) is 0 Å². The van der Waals surface area contributed by atoms with Crippen LogP contribution in [-0.4, -0.2) is 27.9 Å². The molecule has 0 bridgehead atoms. The maximum Gasteiger partial charge on any atom is 0.135 e. The molecule has 13 heavy (non-hydrogen) atoms. The van der Waals surface area contributed by atoms with Gasteiger partial charge in [-0.25, -0.2) is 0 Å². The largest absolute Gasteiger partial charge is 0.320 e. The van der Waals surface area contributed by atoms with Crippen molar-refractivity contribution < 1.29 is 0 Å². The highest BCUT2D eigenvalue weighted by molar-refractivity contribution is 5.85. The highest BCUT2D eigenvalue weighted by Gasteiger charge is 2.18. The first-order valence-electron chi connectivity index (χ1n) is 4.42. The number of piperidine rings is 1. The topological polar surface area (TPSA) is 42.7 Å². The third kappa shape index (κ3) is 2.19. The van der Waals surface area contributed by atoms with E-state index < -0.39 is 0 Å². The molecule has 1 aliphatic rings. The van der Waals surface area contributed by atoms with Crippen LogP contribution >= 0.6 is 12.4 Å². The van der Waals surface area contributed by atoms with Crippen LogP contribution in [-0.2, 0) is 7.05 Å². The standard InChI is InChI=1S/C8H14N4.ClH/c1-12-6-10-11-8(12)7-2-4-9-5-3-7;/h6-7,9H,2-5H2,1H3;1H. The minimum Gasteiger partial charge on any atom is -0.320 e. The minimum atomic E-state index is 0. The van der Waals surface area contributed by atoms with Crippen molar-refractivity contribution in [3.05, 3.63) is 12.2 Å². The molecule has 1 aromatic heterocycles. The van der Waals surface area contributed by atoms with Crippen molar-refractivity contribution in [1.29, 1.82) is 0 Å². The summed E-state index contributed by atoms with van der Waals surface area (Å²) in [4.78, 5) is 0. The summed E-state index contributed by atoms with van der Waals surface area (Å²) in [6, 6.07) is 0. The number of aromatic nitrogens is 3. The molecule has 1 fully saturated rings. The van der Waals surface area contributed by atoms with E-state index in [1.807, 2.05) is 11.6 Å². The summed E-state index contributed by atoms with van der Waals surface area (Å²) in [6.07, 6.45) is 4.15. The quantitative estimate of drug-likeness (QED) is 0.729. The molecule has 5 heteroatoms. The van der Waals surface area contributed by atoms with Crippen LogP contribution < -0.4 is 5.32 Å². The Bertz CT molecular complexity index is 254. The van der Waals surface area contributed by atoms with Gasteiger partial charge in [0.25, 0.3) is 0 Å². The van der Waals surface area contributed by atoms with Crippen LogP contribution in [0.25, 0.3) is 0 Å². The number of halogens is 1. The monoisotopic (exact) mass is 202 g/mol. The molecule has 1 saturated heterocycles. The first kappa shape index (κ1) is 10.5. The molecular formula is C8H15ClN4. The average molecular weight is 203 g/mol. The molecule has 0 atom stereocenters. The number of rotatable bonds is 1. The number of nitrogens with zero attached hydrogens (tertiary/aromatic N) is 3.